The molecular weight excluding hydrogens is 309 g/mol. The minimum Gasteiger partial charge on any atom is -0.454 e. The van der Waals surface area contributed by atoms with E-state index >= 15 is 0 Å². The van der Waals surface area contributed by atoms with Crippen LogP contribution in [0.1, 0.15) is 17.5 Å². The van der Waals surface area contributed by atoms with Crippen molar-refractivity contribution in [3.8, 4) is 11.5 Å². The van der Waals surface area contributed by atoms with Crippen molar-refractivity contribution in [2.45, 2.75) is 13.0 Å². The van der Waals surface area contributed by atoms with Gasteiger partial charge in [0.1, 0.15) is 5.82 Å². The van der Waals surface area contributed by atoms with E-state index in [9.17, 15) is 9.18 Å². The van der Waals surface area contributed by atoms with Gasteiger partial charge in [-0.2, -0.15) is 0 Å². The van der Waals surface area contributed by atoms with E-state index in [-0.39, 0.29) is 18.5 Å². The number of hydrogen-bond donors (Lipinski definition) is 0. The molecule has 4 nitrogen and oxygen atoms in total. The quantitative estimate of drug-likeness (QED) is 0.812. The van der Waals surface area contributed by atoms with Crippen molar-refractivity contribution in [3.05, 3.63) is 65.0 Å². The lowest BCUT2D eigenvalue weighted by molar-refractivity contribution is -0.125. The number of likely N-dealkylation sites (tertiary alicyclic amines) is 1. The van der Waals surface area contributed by atoms with Crippen LogP contribution in [0.3, 0.4) is 0 Å². The Morgan fingerprint density at radius 1 is 1.08 bits per heavy atom. The smallest absolute Gasteiger partial charge is 0.250 e. The topological polar surface area (TPSA) is 38.8 Å². The highest BCUT2D eigenvalue weighted by Crippen LogP contribution is 2.33. The fourth-order valence-corrected chi connectivity index (χ4v) is 2.97. The first-order valence-corrected chi connectivity index (χ1v) is 7.83. The third-order valence-corrected chi connectivity index (χ3v) is 4.24. The van der Waals surface area contributed by atoms with Crippen molar-refractivity contribution in [3.63, 3.8) is 0 Å². The fraction of sp³-hybridized carbons (Fsp3) is 0.211. The molecule has 2 aromatic rings. The monoisotopic (exact) mass is 325 g/mol. The van der Waals surface area contributed by atoms with Crippen LogP contribution in [-0.2, 0) is 11.3 Å². The molecule has 0 N–H and O–H groups in total. The van der Waals surface area contributed by atoms with E-state index in [1.165, 1.54) is 12.1 Å². The zero-order valence-corrected chi connectivity index (χ0v) is 13.0. The number of carbonyl (C=O) groups excluding carboxylic acids is 1. The van der Waals surface area contributed by atoms with Gasteiger partial charge in [-0.25, -0.2) is 4.39 Å². The first kappa shape index (κ1) is 14.8. The maximum atomic E-state index is 13.0. The largest absolute Gasteiger partial charge is 0.454 e. The summed E-state index contributed by atoms with van der Waals surface area (Å²) in [6.07, 6.45) is 2.60. The Labute approximate surface area is 139 Å². The Hall–Kier alpha value is -2.82. The summed E-state index contributed by atoms with van der Waals surface area (Å²) in [7, 11) is 0. The summed E-state index contributed by atoms with van der Waals surface area (Å²) in [6.45, 7) is 1.41. The van der Waals surface area contributed by atoms with Crippen molar-refractivity contribution in [2.75, 3.05) is 13.3 Å². The van der Waals surface area contributed by atoms with Crippen LogP contribution >= 0.6 is 0 Å². The minimum atomic E-state index is -0.269. The SMILES string of the molecule is O=C1/C(=C/c2ccc3c(c2)OCO3)CCN1Cc1ccc(F)cc1. The fourth-order valence-electron chi connectivity index (χ4n) is 2.97. The second-order valence-corrected chi connectivity index (χ2v) is 5.89. The van der Waals surface area contributed by atoms with Gasteiger partial charge in [0.25, 0.3) is 0 Å². The van der Waals surface area contributed by atoms with E-state index in [1.54, 1.807) is 17.0 Å². The lowest BCUT2D eigenvalue weighted by Gasteiger charge is -2.15. The number of benzene rings is 2. The first-order chi connectivity index (χ1) is 11.7. The molecule has 2 aliphatic rings. The van der Waals surface area contributed by atoms with Crippen LogP contribution in [0.25, 0.3) is 6.08 Å². The minimum absolute atomic E-state index is 0.0250. The lowest BCUT2D eigenvalue weighted by Crippen LogP contribution is -2.24. The number of halogens is 1. The van der Waals surface area contributed by atoms with Gasteiger partial charge in [0.2, 0.25) is 12.7 Å². The third kappa shape index (κ3) is 2.85. The Balaban J connectivity index is 1.49. The molecule has 24 heavy (non-hydrogen) atoms. The van der Waals surface area contributed by atoms with Crippen molar-refractivity contribution in [1.29, 1.82) is 0 Å². The van der Waals surface area contributed by atoms with Gasteiger partial charge in [-0.05, 0) is 47.9 Å². The van der Waals surface area contributed by atoms with Crippen LogP contribution in [-0.4, -0.2) is 24.1 Å². The molecule has 0 atom stereocenters. The molecule has 0 radical (unpaired) electrons. The highest BCUT2D eigenvalue weighted by atomic mass is 19.1. The summed E-state index contributed by atoms with van der Waals surface area (Å²) in [6, 6.07) is 11.9. The Kier molecular flexibility index (Phi) is 3.69. The Bertz CT molecular complexity index is 814. The molecule has 1 saturated heterocycles. The van der Waals surface area contributed by atoms with E-state index < -0.39 is 0 Å². The van der Waals surface area contributed by atoms with E-state index in [0.29, 0.717) is 25.3 Å². The van der Waals surface area contributed by atoms with Gasteiger partial charge in [-0.1, -0.05) is 18.2 Å². The highest BCUT2D eigenvalue weighted by molar-refractivity contribution is 5.99. The molecule has 2 heterocycles. The highest BCUT2D eigenvalue weighted by Gasteiger charge is 2.26. The average Bonchev–Trinajstić information content (AvgIpc) is 3.18. The second kappa shape index (κ2) is 6.00. The average molecular weight is 325 g/mol. The van der Waals surface area contributed by atoms with Crippen LogP contribution in [0.2, 0.25) is 0 Å². The number of ether oxygens (including phenoxy) is 2. The maximum absolute atomic E-state index is 13.0. The molecule has 2 aromatic carbocycles. The standard InChI is InChI=1S/C19H16FNO3/c20-16-4-1-13(2-5-16)11-21-8-7-15(19(21)22)9-14-3-6-17-18(10-14)24-12-23-17/h1-6,9-10H,7-8,11-12H2/b15-9+. The summed E-state index contributed by atoms with van der Waals surface area (Å²) < 4.78 is 23.6. The van der Waals surface area contributed by atoms with Crippen molar-refractivity contribution >= 4 is 12.0 Å². The number of rotatable bonds is 3. The van der Waals surface area contributed by atoms with E-state index in [2.05, 4.69) is 0 Å². The van der Waals surface area contributed by atoms with Gasteiger partial charge in [0.15, 0.2) is 11.5 Å². The van der Waals surface area contributed by atoms with Gasteiger partial charge < -0.3 is 14.4 Å². The van der Waals surface area contributed by atoms with E-state index in [0.717, 1.165) is 22.4 Å². The number of fused-ring (bicyclic) bond motifs is 1. The predicted octanol–water partition coefficient (Wildman–Crippen LogP) is 3.37. The summed E-state index contributed by atoms with van der Waals surface area (Å²) in [4.78, 5) is 14.3. The molecule has 4 rings (SSSR count). The molecule has 5 heteroatoms. The Morgan fingerprint density at radius 3 is 2.71 bits per heavy atom. The second-order valence-electron chi connectivity index (χ2n) is 5.89. The van der Waals surface area contributed by atoms with Gasteiger partial charge in [0, 0.05) is 18.7 Å². The molecule has 0 aliphatic carbocycles. The zero-order valence-electron chi connectivity index (χ0n) is 13.0. The van der Waals surface area contributed by atoms with Crippen molar-refractivity contribution < 1.29 is 18.7 Å². The predicted molar refractivity (Wildman–Crippen MR) is 87.0 cm³/mol. The lowest BCUT2D eigenvalue weighted by atomic mass is 10.1. The third-order valence-electron chi connectivity index (χ3n) is 4.24. The van der Waals surface area contributed by atoms with Gasteiger partial charge >= 0.3 is 0 Å². The number of carbonyl (C=O) groups is 1. The van der Waals surface area contributed by atoms with Crippen LogP contribution in [0.4, 0.5) is 4.39 Å². The molecule has 1 fully saturated rings. The van der Waals surface area contributed by atoms with Gasteiger partial charge in [0.05, 0.1) is 0 Å². The molecule has 0 spiro atoms. The van der Waals surface area contributed by atoms with Crippen LogP contribution in [0.5, 0.6) is 11.5 Å². The molecule has 1 amide bonds. The van der Waals surface area contributed by atoms with Crippen LogP contribution in [0.15, 0.2) is 48.0 Å². The van der Waals surface area contributed by atoms with Crippen molar-refractivity contribution in [1.82, 2.24) is 4.90 Å². The van der Waals surface area contributed by atoms with E-state index in [4.69, 9.17) is 9.47 Å². The summed E-state index contributed by atoms with van der Waals surface area (Å²) in [5, 5.41) is 0. The zero-order chi connectivity index (χ0) is 16.5. The first-order valence-electron chi connectivity index (χ1n) is 7.83. The molecule has 122 valence electrons. The molecule has 0 saturated carbocycles. The summed E-state index contributed by atoms with van der Waals surface area (Å²) in [5.41, 5.74) is 2.62. The Morgan fingerprint density at radius 2 is 1.88 bits per heavy atom. The molecule has 0 unspecified atom stereocenters. The normalized spacial score (nSPS) is 17.8. The van der Waals surface area contributed by atoms with Crippen LogP contribution in [0, 0.1) is 5.82 Å². The molecule has 0 bridgehead atoms. The summed E-state index contributed by atoms with van der Waals surface area (Å²) in [5.74, 6) is 1.19. The van der Waals surface area contributed by atoms with Gasteiger partial charge in [-0.15, -0.1) is 0 Å². The van der Waals surface area contributed by atoms with Gasteiger partial charge in [-0.3, -0.25) is 4.79 Å². The number of amides is 1. The number of nitrogens with zero attached hydrogens (tertiary/aromatic N) is 1. The molecular formula is C19H16FNO3. The molecule has 0 aromatic heterocycles. The number of hydrogen-bond acceptors (Lipinski definition) is 3. The van der Waals surface area contributed by atoms with Crippen LogP contribution < -0.4 is 9.47 Å². The summed E-state index contributed by atoms with van der Waals surface area (Å²) >= 11 is 0. The molecule has 2 aliphatic heterocycles. The van der Waals surface area contributed by atoms with E-state index in [1.807, 2.05) is 24.3 Å². The van der Waals surface area contributed by atoms with Crippen molar-refractivity contribution in [2.24, 2.45) is 0 Å². The maximum Gasteiger partial charge on any atom is 0.250 e.